The first kappa shape index (κ1) is 33.3. The van der Waals surface area contributed by atoms with Gasteiger partial charge in [0.1, 0.15) is 5.92 Å². The molecule has 2 atom stereocenters. The average Bonchev–Trinajstić information content (AvgIpc) is 3.05. The van der Waals surface area contributed by atoms with Gasteiger partial charge in [-0.05, 0) is 69.9 Å². The van der Waals surface area contributed by atoms with Crippen LogP contribution in [0.4, 0.5) is 5.69 Å². The maximum Gasteiger partial charge on any atom is 0.336 e. The van der Waals surface area contributed by atoms with Gasteiger partial charge in [-0.25, -0.2) is 4.79 Å². The zero-order chi connectivity index (χ0) is 32.3. The van der Waals surface area contributed by atoms with Crippen LogP contribution in [0.25, 0.3) is 0 Å². The number of benzene rings is 3. The summed E-state index contributed by atoms with van der Waals surface area (Å²) < 4.78 is 10.7. The van der Waals surface area contributed by atoms with Crippen molar-refractivity contribution >= 4 is 23.3 Å². The maximum atomic E-state index is 13.5. The highest BCUT2D eigenvalue weighted by Gasteiger charge is 2.42. The Hall–Kier alpha value is -4.63. The van der Waals surface area contributed by atoms with Crippen LogP contribution in [0.1, 0.15) is 61.6 Å². The van der Waals surface area contributed by atoms with Crippen molar-refractivity contribution in [1.29, 1.82) is 0 Å². The van der Waals surface area contributed by atoms with Gasteiger partial charge in [0.2, 0.25) is 0 Å². The van der Waals surface area contributed by atoms with Gasteiger partial charge in [0, 0.05) is 35.4 Å². The second-order valence-corrected chi connectivity index (χ2v) is 11.4. The lowest BCUT2D eigenvalue weighted by Crippen LogP contribution is -2.36. The summed E-state index contributed by atoms with van der Waals surface area (Å²) in [6, 6.07) is 27.1. The lowest BCUT2D eigenvalue weighted by Gasteiger charge is -2.31. The van der Waals surface area contributed by atoms with E-state index in [1.807, 2.05) is 12.1 Å². The Morgan fingerprint density at radius 2 is 1.58 bits per heavy atom. The summed E-state index contributed by atoms with van der Waals surface area (Å²) in [6.45, 7) is 5.34. The fraction of sp³-hybridized carbons (Fsp3) is 0.361. The van der Waals surface area contributed by atoms with Gasteiger partial charge in [0.05, 0.1) is 24.2 Å². The highest BCUT2D eigenvalue weighted by Crippen LogP contribution is 2.41. The van der Waals surface area contributed by atoms with Crippen molar-refractivity contribution in [3.63, 3.8) is 0 Å². The minimum atomic E-state index is -0.910. The van der Waals surface area contributed by atoms with Gasteiger partial charge in [-0.1, -0.05) is 72.8 Å². The molecule has 1 aliphatic rings. The molecule has 3 aromatic rings. The number of allylic oxidation sites excluding steroid dienone is 1. The Morgan fingerprint density at radius 3 is 2.18 bits per heavy atom. The molecular formula is C36H41N3O6. The predicted octanol–water partition coefficient (Wildman–Crippen LogP) is 6.69. The number of rotatable bonds is 14. The van der Waals surface area contributed by atoms with Crippen molar-refractivity contribution in [3.8, 4) is 0 Å². The molecule has 0 saturated carbocycles. The molecule has 0 amide bonds. The lowest BCUT2D eigenvalue weighted by atomic mass is 9.75. The minimum Gasteiger partial charge on any atom is -0.468 e. The Bertz CT molecular complexity index is 1500. The van der Waals surface area contributed by atoms with E-state index in [0.29, 0.717) is 29.3 Å². The second kappa shape index (κ2) is 15.9. The summed E-state index contributed by atoms with van der Waals surface area (Å²) in [5, 5.41) is 11.5. The van der Waals surface area contributed by atoms with Crippen LogP contribution in [-0.4, -0.2) is 61.3 Å². The molecule has 0 saturated heterocycles. The topological polar surface area (TPSA) is 111 Å². The zero-order valence-corrected chi connectivity index (χ0v) is 26.3. The van der Waals surface area contributed by atoms with Crippen LogP contribution in [0.2, 0.25) is 0 Å². The van der Waals surface area contributed by atoms with Crippen LogP contribution in [-0.2, 0) is 19.1 Å². The number of non-ortho nitro benzene ring substituents is 1. The second-order valence-electron chi connectivity index (χ2n) is 11.4. The number of nitro groups is 1. The van der Waals surface area contributed by atoms with Crippen LogP contribution in [0.15, 0.2) is 101 Å². The molecule has 9 nitrogen and oxygen atoms in total. The summed E-state index contributed by atoms with van der Waals surface area (Å²) >= 11 is 0. The Morgan fingerprint density at radius 1 is 0.933 bits per heavy atom. The summed E-state index contributed by atoms with van der Waals surface area (Å²) in [5.74, 6) is -2.59. The number of methoxy groups -OCH3 is 1. The first-order valence-electron chi connectivity index (χ1n) is 15.2. The maximum absolute atomic E-state index is 13.5. The number of aliphatic imine (C=N–C) groups is 1. The molecule has 0 bridgehead atoms. The number of hydrogen-bond donors (Lipinski definition) is 0. The van der Waals surface area contributed by atoms with Gasteiger partial charge in [-0.15, -0.1) is 0 Å². The summed E-state index contributed by atoms with van der Waals surface area (Å²) in [4.78, 5) is 44.1. The molecule has 0 radical (unpaired) electrons. The first-order valence-corrected chi connectivity index (χ1v) is 15.2. The van der Waals surface area contributed by atoms with Crippen LogP contribution >= 0.6 is 0 Å². The number of unbranched alkanes of at least 4 members (excludes halogenated alkanes) is 1. The number of carbonyl (C=O) groups excluding carboxylic acids is 2. The molecular weight excluding hydrogens is 570 g/mol. The third-order valence-corrected chi connectivity index (χ3v) is 8.31. The molecule has 3 aromatic carbocycles. The predicted molar refractivity (Wildman–Crippen MR) is 174 cm³/mol. The van der Waals surface area contributed by atoms with E-state index in [0.717, 1.165) is 25.9 Å². The van der Waals surface area contributed by atoms with E-state index in [9.17, 15) is 19.7 Å². The van der Waals surface area contributed by atoms with E-state index in [2.05, 4.69) is 65.5 Å². The fourth-order valence-corrected chi connectivity index (χ4v) is 6.01. The largest absolute Gasteiger partial charge is 0.468 e. The van der Waals surface area contributed by atoms with Gasteiger partial charge in [-0.2, -0.15) is 0 Å². The lowest BCUT2D eigenvalue weighted by molar-refractivity contribution is -0.384. The minimum absolute atomic E-state index is 0.135. The number of carbonyl (C=O) groups is 2. The summed E-state index contributed by atoms with van der Waals surface area (Å²) in [7, 11) is 3.37. The molecule has 0 N–H and O–H groups in total. The summed E-state index contributed by atoms with van der Waals surface area (Å²) in [6.07, 6.45) is 2.47. The van der Waals surface area contributed by atoms with E-state index < -0.39 is 28.7 Å². The smallest absolute Gasteiger partial charge is 0.336 e. The number of nitro benzene ring substituents is 1. The molecule has 1 heterocycles. The number of nitrogens with zero attached hydrogens (tertiary/aromatic N) is 3. The van der Waals surface area contributed by atoms with Gasteiger partial charge in [-0.3, -0.25) is 19.9 Å². The highest BCUT2D eigenvalue weighted by molar-refractivity contribution is 6.07. The molecule has 2 unspecified atom stereocenters. The highest BCUT2D eigenvalue weighted by atomic mass is 16.6. The van der Waals surface area contributed by atoms with Crippen molar-refractivity contribution in [2.45, 2.75) is 44.9 Å². The van der Waals surface area contributed by atoms with Crippen molar-refractivity contribution in [3.05, 3.63) is 123 Å². The van der Waals surface area contributed by atoms with Crippen molar-refractivity contribution in [2.24, 2.45) is 10.9 Å². The van der Waals surface area contributed by atoms with E-state index >= 15 is 0 Å². The van der Waals surface area contributed by atoms with Crippen LogP contribution in [0, 0.1) is 16.0 Å². The van der Waals surface area contributed by atoms with E-state index in [4.69, 9.17) is 9.47 Å². The molecule has 1 aliphatic heterocycles. The molecule has 236 valence electrons. The SMILES string of the molecule is COC(=O)C1C(C)=NC(C)=C(C(=O)OCCCCN(C)CCC(c2ccccc2)c2ccccc2)C1c1cccc([N+](=O)[O-])c1. The van der Waals surface area contributed by atoms with Crippen LogP contribution in [0.5, 0.6) is 0 Å². The average molecular weight is 612 g/mol. The molecule has 45 heavy (non-hydrogen) atoms. The quantitative estimate of drug-likeness (QED) is 0.0864. The van der Waals surface area contributed by atoms with Crippen LogP contribution < -0.4 is 0 Å². The normalized spacial score (nSPS) is 16.4. The molecule has 0 fully saturated rings. The van der Waals surface area contributed by atoms with E-state index in [1.54, 1.807) is 26.0 Å². The van der Waals surface area contributed by atoms with Gasteiger partial charge < -0.3 is 14.4 Å². The molecule has 4 rings (SSSR count). The van der Waals surface area contributed by atoms with Crippen molar-refractivity contribution in [2.75, 3.05) is 33.9 Å². The molecule has 0 spiro atoms. The Kier molecular flexibility index (Phi) is 11.8. The zero-order valence-electron chi connectivity index (χ0n) is 26.3. The number of esters is 2. The van der Waals surface area contributed by atoms with Crippen LogP contribution in [0.3, 0.4) is 0 Å². The van der Waals surface area contributed by atoms with Gasteiger partial charge in [0.25, 0.3) is 5.69 Å². The molecule has 9 heteroatoms. The fourth-order valence-electron chi connectivity index (χ4n) is 6.01. The summed E-state index contributed by atoms with van der Waals surface area (Å²) in [5.41, 5.74) is 4.01. The first-order chi connectivity index (χ1) is 21.7. The van der Waals surface area contributed by atoms with Crippen molar-refractivity contribution in [1.82, 2.24) is 4.90 Å². The Balaban J connectivity index is 1.36. The van der Waals surface area contributed by atoms with Gasteiger partial charge >= 0.3 is 11.9 Å². The van der Waals surface area contributed by atoms with Gasteiger partial charge in [0.15, 0.2) is 0 Å². The standard InChI is InChI=1S/C36H41N3O6/c1-25-32(35(40)44-4)34(29-18-13-19-30(24-29)39(42)43)33(26(2)37-25)36(41)45-23-12-11-21-38(3)22-20-31(27-14-7-5-8-15-27)28-16-9-6-10-17-28/h5-10,13-19,24,31-32,34H,11-12,20-23H2,1-4H3. The monoisotopic (exact) mass is 611 g/mol. The molecule has 0 aliphatic carbocycles. The Labute approximate surface area is 264 Å². The van der Waals surface area contributed by atoms with E-state index in [1.165, 1.54) is 30.4 Å². The number of ether oxygens (including phenoxy) is 2. The third kappa shape index (κ3) is 8.51. The third-order valence-electron chi connectivity index (χ3n) is 8.31. The molecule has 0 aromatic heterocycles. The van der Waals surface area contributed by atoms with Crippen molar-refractivity contribution < 1.29 is 24.0 Å². The van der Waals surface area contributed by atoms with E-state index in [-0.39, 0.29) is 17.9 Å². The number of hydrogen-bond acceptors (Lipinski definition) is 8.